The quantitative estimate of drug-likeness (QED) is 0.162. The number of anilines is 8. The van der Waals surface area contributed by atoms with Gasteiger partial charge in [0, 0.05) is 22.7 Å². The number of nitrogens with zero attached hydrogens (tertiary/aromatic N) is 4. The molecule has 6 nitrogen and oxygen atoms in total. The Bertz CT molecular complexity index is 2110. The number of benzene rings is 7. The number of fused-ring (bicyclic) bond motifs is 2. The molecule has 0 atom stereocenters. The maximum absolute atomic E-state index is 16.3. The third-order valence-corrected chi connectivity index (χ3v) is 15.2. The first-order valence-corrected chi connectivity index (χ1v) is 19.7. The van der Waals surface area contributed by atoms with E-state index >= 15 is 9.13 Å². The fourth-order valence-corrected chi connectivity index (χ4v) is 13.2. The molecule has 0 aromatic heterocycles. The van der Waals surface area contributed by atoms with Crippen LogP contribution in [-0.4, -0.2) is 0 Å². The second kappa shape index (κ2) is 12.0. The summed E-state index contributed by atoms with van der Waals surface area (Å²) in [6, 6.07) is 63.3. The van der Waals surface area contributed by atoms with Crippen molar-refractivity contribution in [1.82, 2.24) is 0 Å². The number of rotatable bonds is 6. The van der Waals surface area contributed by atoms with Crippen LogP contribution in [0.1, 0.15) is 0 Å². The molecule has 2 heterocycles. The maximum atomic E-state index is 16.3. The van der Waals surface area contributed by atoms with Gasteiger partial charge in [0.2, 0.25) is 0 Å². The first-order valence-electron chi connectivity index (χ1n) is 16.5. The second-order valence-electron chi connectivity index (χ2n) is 12.2. The van der Waals surface area contributed by atoms with Crippen molar-refractivity contribution < 1.29 is 9.13 Å². The Hall–Kier alpha value is -5.80. The van der Waals surface area contributed by atoms with Crippen molar-refractivity contribution >= 4 is 71.0 Å². The van der Waals surface area contributed by atoms with E-state index in [1.54, 1.807) is 0 Å². The zero-order valence-electron chi connectivity index (χ0n) is 27.0. The Morgan fingerprint density at radius 1 is 0.280 bits per heavy atom. The Balaban J connectivity index is 1.41. The van der Waals surface area contributed by atoms with Gasteiger partial charge in [-0.1, -0.05) is 109 Å². The van der Waals surface area contributed by atoms with Gasteiger partial charge in [0.25, 0.3) is 0 Å². The highest BCUT2D eigenvalue weighted by Crippen LogP contribution is 2.75. The van der Waals surface area contributed by atoms with Crippen molar-refractivity contribution in [3.8, 4) is 0 Å². The van der Waals surface area contributed by atoms with Crippen molar-refractivity contribution in [3.05, 3.63) is 194 Å². The molecule has 0 unspecified atom stereocenters. The standard InChI is InChI=1S/C42H32N4O2P2/c47-49(37-27-15-5-16-28-37)43(33-19-7-1-8-20-33)39-31-41-42(32-40(39)44(49)34-21-9-2-10-22-34)46(36-25-13-4-14-26-36)50(48,38-29-17-6-18-30-38)45(41)35-23-11-3-12-24-35/h1-32H. The molecule has 9 rings (SSSR count). The van der Waals surface area contributed by atoms with Gasteiger partial charge in [-0.15, -0.1) is 0 Å². The molecule has 7 aromatic rings. The van der Waals surface area contributed by atoms with Crippen LogP contribution in [0.3, 0.4) is 0 Å². The summed E-state index contributed by atoms with van der Waals surface area (Å²) in [7, 11) is -7.22. The molecular formula is C42H32N4O2P2. The van der Waals surface area contributed by atoms with E-state index in [2.05, 4.69) is 12.1 Å². The zero-order valence-corrected chi connectivity index (χ0v) is 28.8. The summed E-state index contributed by atoms with van der Waals surface area (Å²) in [5.41, 5.74) is 6.26. The molecule has 242 valence electrons. The van der Waals surface area contributed by atoms with Gasteiger partial charge in [-0.05, 0) is 84.9 Å². The van der Waals surface area contributed by atoms with Crippen LogP contribution in [0.5, 0.6) is 0 Å². The van der Waals surface area contributed by atoms with E-state index in [-0.39, 0.29) is 0 Å². The van der Waals surface area contributed by atoms with E-state index in [4.69, 9.17) is 0 Å². The fraction of sp³-hybridized carbons (Fsp3) is 0. The molecule has 0 saturated heterocycles. The molecule has 50 heavy (non-hydrogen) atoms. The average Bonchev–Trinajstić information content (AvgIpc) is 3.60. The van der Waals surface area contributed by atoms with Gasteiger partial charge in [-0.3, -0.25) is 27.8 Å². The number of hydrogen-bond acceptors (Lipinski definition) is 2. The lowest BCUT2D eigenvalue weighted by molar-refractivity contribution is 0.582. The minimum absolute atomic E-state index is 0.707. The molecule has 0 radical (unpaired) electrons. The van der Waals surface area contributed by atoms with Crippen molar-refractivity contribution in [2.24, 2.45) is 0 Å². The van der Waals surface area contributed by atoms with Crippen molar-refractivity contribution in [2.75, 3.05) is 18.7 Å². The van der Waals surface area contributed by atoms with Gasteiger partial charge in [0.15, 0.2) is 0 Å². The van der Waals surface area contributed by atoms with Crippen LogP contribution in [0.4, 0.5) is 45.5 Å². The lowest BCUT2D eigenvalue weighted by atomic mass is 10.1. The summed E-state index contributed by atoms with van der Waals surface area (Å²) in [5, 5.41) is 1.41. The van der Waals surface area contributed by atoms with Crippen LogP contribution in [0.25, 0.3) is 0 Å². The predicted molar refractivity (Wildman–Crippen MR) is 208 cm³/mol. The van der Waals surface area contributed by atoms with Crippen molar-refractivity contribution in [2.45, 2.75) is 0 Å². The summed E-state index contributed by atoms with van der Waals surface area (Å²) >= 11 is 0. The third kappa shape index (κ3) is 4.50. The number of para-hydroxylation sites is 4. The Morgan fingerprint density at radius 3 is 0.700 bits per heavy atom. The van der Waals surface area contributed by atoms with Crippen LogP contribution in [0, 0.1) is 0 Å². The highest BCUT2D eigenvalue weighted by Gasteiger charge is 2.54. The van der Waals surface area contributed by atoms with Gasteiger partial charge in [0.05, 0.1) is 33.4 Å². The van der Waals surface area contributed by atoms with E-state index in [9.17, 15) is 0 Å². The zero-order chi connectivity index (χ0) is 33.7. The normalized spacial score (nSPS) is 15.5. The summed E-state index contributed by atoms with van der Waals surface area (Å²) in [5.74, 6) is 0. The molecule has 0 fully saturated rings. The maximum Gasteiger partial charge on any atom is 0.301 e. The van der Waals surface area contributed by atoms with Gasteiger partial charge >= 0.3 is 14.9 Å². The smallest absolute Gasteiger partial charge is 0.270 e. The van der Waals surface area contributed by atoms with E-state index in [1.807, 2.05) is 201 Å². The molecule has 0 spiro atoms. The van der Waals surface area contributed by atoms with Crippen molar-refractivity contribution in [3.63, 3.8) is 0 Å². The Kier molecular flexibility index (Phi) is 7.24. The highest BCUT2D eigenvalue weighted by molar-refractivity contribution is 7.76. The first-order chi connectivity index (χ1) is 24.6. The lowest BCUT2D eigenvalue weighted by Crippen LogP contribution is -2.27. The minimum atomic E-state index is -3.61. The second-order valence-corrected chi connectivity index (χ2v) is 17.0. The molecule has 2 aliphatic rings. The molecule has 0 amide bonds. The fourth-order valence-electron chi connectivity index (χ4n) is 7.16. The summed E-state index contributed by atoms with van der Waals surface area (Å²) in [4.78, 5) is 0. The van der Waals surface area contributed by atoms with Gasteiger partial charge in [-0.25, -0.2) is 0 Å². The summed E-state index contributed by atoms with van der Waals surface area (Å²) < 4.78 is 40.5. The molecule has 0 N–H and O–H groups in total. The molecule has 2 aliphatic heterocycles. The molecule has 7 aromatic carbocycles. The van der Waals surface area contributed by atoms with Crippen LogP contribution in [-0.2, 0) is 9.13 Å². The van der Waals surface area contributed by atoms with Crippen LogP contribution >= 0.6 is 14.9 Å². The van der Waals surface area contributed by atoms with Gasteiger partial charge < -0.3 is 0 Å². The van der Waals surface area contributed by atoms with Crippen molar-refractivity contribution in [1.29, 1.82) is 0 Å². The van der Waals surface area contributed by atoms with E-state index in [1.165, 1.54) is 0 Å². The number of hydrogen-bond donors (Lipinski definition) is 0. The Labute approximate surface area is 292 Å². The average molecular weight is 687 g/mol. The topological polar surface area (TPSA) is 47.1 Å². The predicted octanol–water partition coefficient (Wildman–Crippen LogP) is 11.3. The third-order valence-electron chi connectivity index (χ3n) is 9.26. The largest absolute Gasteiger partial charge is 0.301 e. The van der Waals surface area contributed by atoms with Crippen LogP contribution < -0.4 is 29.3 Å². The van der Waals surface area contributed by atoms with E-state index < -0.39 is 14.9 Å². The summed E-state index contributed by atoms with van der Waals surface area (Å²) in [6.07, 6.45) is 0. The summed E-state index contributed by atoms with van der Waals surface area (Å²) in [6.45, 7) is 0. The molecule has 0 aliphatic carbocycles. The highest BCUT2D eigenvalue weighted by atomic mass is 31.2. The molecule has 8 heteroatoms. The van der Waals surface area contributed by atoms with Gasteiger partial charge in [0.1, 0.15) is 0 Å². The molecule has 0 saturated carbocycles. The van der Waals surface area contributed by atoms with E-state index in [0.29, 0.717) is 10.6 Å². The van der Waals surface area contributed by atoms with Gasteiger partial charge in [-0.2, -0.15) is 0 Å². The SMILES string of the molecule is O=P1(c2ccccc2)N(c2ccccc2)c2cc3c(cc2N1c1ccccc1)N(c1ccccc1)P(=O)(c1ccccc1)N3c1ccccc1. The molecule has 0 bridgehead atoms. The van der Waals surface area contributed by atoms with Crippen LogP contribution in [0.15, 0.2) is 194 Å². The first kappa shape index (κ1) is 30.3. The minimum Gasteiger partial charge on any atom is -0.270 e. The lowest BCUT2D eigenvalue weighted by Gasteiger charge is -2.34. The van der Waals surface area contributed by atoms with Crippen LogP contribution in [0.2, 0.25) is 0 Å². The molecular weight excluding hydrogens is 654 g/mol. The monoisotopic (exact) mass is 686 g/mol. The Morgan fingerprint density at radius 2 is 0.480 bits per heavy atom. The van der Waals surface area contributed by atoms with E-state index in [0.717, 1.165) is 45.5 Å².